The lowest BCUT2D eigenvalue weighted by Gasteiger charge is -2.11. The van der Waals surface area contributed by atoms with Crippen LogP contribution in [0.2, 0.25) is 6.04 Å². The summed E-state index contributed by atoms with van der Waals surface area (Å²) in [7, 11) is 4.89. The lowest BCUT2D eigenvalue weighted by molar-refractivity contribution is -0.144. The number of carbonyl (C=O) groups excluding carboxylic acids is 1. The van der Waals surface area contributed by atoms with E-state index < -0.39 is 0 Å². The Bertz CT molecular complexity index is 811. The molecular formula is C19H18NO2Si. The predicted molar refractivity (Wildman–Crippen MR) is 93.5 cm³/mol. The van der Waals surface area contributed by atoms with Gasteiger partial charge in [-0.05, 0) is 17.5 Å². The lowest BCUT2D eigenvalue weighted by Crippen LogP contribution is -2.18. The highest BCUT2D eigenvalue weighted by atomic mass is 28.1. The van der Waals surface area contributed by atoms with Crippen LogP contribution in [0.1, 0.15) is 5.56 Å². The highest BCUT2D eigenvalue weighted by molar-refractivity contribution is 6.10. The fourth-order valence-corrected chi connectivity index (χ4v) is 3.22. The van der Waals surface area contributed by atoms with E-state index in [1.54, 1.807) is 0 Å². The second-order valence-corrected chi connectivity index (χ2v) is 5.94. The first-order valence-electron chi connectivity index (χ1n) is 7.61. The molecule has 115 valence electrons. The minimum atomic E-state index is -0.187. The molecular weight excluding hydrogens is 302 g/mol. The van der Waals surface area contributed by atoms with E-state index >= 15 is 0 Å². The van der Waals surface area contributed by atoms with Gasteiger partial charge in [0.15, 0.2) is 0 Å². The fraction of sp³-hybridized carbons (Fsp3) is 0.211. The summed E-state index contributed by atoms with van der Waals surface area (Å²) in [4.78, 5) is 15.2. The van der Waals surface area contributed by atoms with Crippen molar-refractivity contribution in [3.8, 4) is 11.1 Å². The number of nitrogens with one attached hydrogen (secondary N) is 1. The molecule has 0 aliphatic carbocycles. The van der Waals surface area contributed by atoms with Crippen LogP contribution in [0.25, 0.3) is 22.0 Å². The third kappa shape index (κ3) is 3.08. The van der Waals surface area contributed by atoms with Crippen LogP contribution in [0.15, 0.2) is 54.7 Å². The van der Waals surface area contributed by atoms with Gasteiger partial charge < -0.3 is 9.72 Å². The molecule has 3 rings (SSSR count). The van der Waals surface area contributed by atoms with Crippen LogP contribution in [0, 0.1) is 5.92 Å². The monoisotopic (exact) mass is 320 g/mol. The zero-order valence-corrected chi connectivity index (χ0v) is 14.0. The van der Waals surface area contributed by atoms with Gasteiger partial charge in [-0.15, -0.1) is 0 Å². The van der Waals surface area contributed by atoms with E-state index in [1.165, 1.54) is 18.2 Å². The maximum Gasteiger partial charge on any atom is 0.308 e. The molecule has 3 aromatic rings. The Hall–Kier alpha value is -2.33. The highest BCUT2D eigenvalue weighted by Crippen LogP contribution is 2.31. The first kappa shape index (κ1) is 15.6. The van der Waals surface area contributed by atoms with Gasteiger partial charge in [-0.25, -0.2) is 0 Å². The molecule has 1 atom stereocenters. The van der Waals surface area contributed by atoms with Crippen molar-refractivity contribution in [2.75, 3.05) is 7.11 Å². The number of aromatic amines is 1. The molecule has 0 bridgehead atoms. The third-order valence-electron chi connectivity index (χ3n) is 4.13. The second kappa shape index (κ2) is 6.83. The molecule has 1 heterocycles. The zero-order chi connectivity index (χ0) is 16.2. The number of H-pyrrole nitrogens is 1. The molecule has 0 aliphatic rings. The number of benzene rings is 2. The second-order valence-electron chi connectivity index (χ2n) is 5.54. The lowest BCUT2D eigenvalue weighted by atomic mass is 9.97. The number of methoxy groups -OCH3 is 1. The van der Waals surface area contributed by atoms with E-state index in [1.807, 2.05) is 24.4 Å². The number of hydrogen-bond acceptors (Lipinski definition) is 2. The topological polar surface area (TPSA) is 42.1 Å². The Balaban J connectivity index is 2.00. The Morgan fingerprint density at radius 2 is 1.96 bits per heavy atom. The largest absolute Gasteiger partial charge is 0.469 e. The number of esters is 1. The van der Waals surface area contributed by atoms with Crippen molar-refractivity contribution in [2.24, 2.45) is 5.92 Å². The fourth-order valence-electron chi connectivity index (χ4n) is 2.91. The molecule has 0 fully saturated rings. The number of carbonyl (C=O) groups is 1. The molecule has 4 heteroatoms. The Labute approximate surface area is 139 Å². The number of ether oxygens (including phenoxy) is 1. The maximum absolute atomic E-state index is 11.8. The van der Waals surface area contributed by atoms with Crippen LogP contribution >= 0.6 is 0 Å². The summed E-state index contributed by atoms with van der Waals surface area (Å²) in [6, 6.07) is 17.1. The molecule has 2 aromatic carbocycles. The summed E-state index contributed by atoms with van der Waals surface area (Å²) in [6.07, 6.45) is 2.64. The van der Waals surface area contributed by atoms with Crippen molar-refractivity contribution >= 4 is 27.1 Å². The first-order valence-corrected chi connectivity index (χ1v) is 8.32. The average molecular weight is 320 g/mol. The Morgan fingerprint density at radius 1 is 1.17 bits per heavy atom. The summed E-state index contributed by atoms with van der Waals surface area (Å²) in [6.45, 7) is 0. The van der Waals surface area contributed by atoms with Crippen molar-refractivity contribution in [1.82, 2.24) is 4.98 Å². The van der Waals surface area contributed by atoms with Gasteiger partial charge in [-0.3, -0.25) is 4.79 Å². The van der Waals surface area contributed by atoms with Crippen molar-refractivity contribution in [2.45, 2.75) is 12.5 Å². The highest BCUT2D eigenvalue weighted by Gasteiger charge is 2.19. The zero-order valence-electron chi connectivity index (χ0n) is 13.0. The summed E-state index contributed by atoms with van der Waals surface area (Å²) >= 11 is 0. The summed E-state index contributed by atoms with van der Waals surface area (Å²) in [5.41, 5.74) is 4.58. The van der Waals surface area contributed by atoms with E-state index in [4.69, 9.17) is 4.74 Å². The van der Waals surface area contributed by atoms with Crippen LogP contribution in [-0.2, 0) is 16.0 Å². The number of rotatable bonds is 5. The number of para-hydroxylation sites is 1. The average Bonchev–Trinajstić information content (AvgIpc) is 3.02. The van der Waals surface area contributed by atoms with Gasteiger partial charge in [-0.1, -0.05) is 54.6 Å². The molecule has 1 N–H and O–H groups in total. The third-order valence-corrected chi connectivity index (χ3v) is 4.63. The van der Waals surface area contributed by atoms with Crippen LogP contribution in [0.3, 0.4) is 0 Å². The molecule has 0 aliphatic heterocycles. The molecule has 3 radical (unpaired) electrons. The van der Waals surface area contributed by atoms with Gasteiger partial charge in [0, 0.05) is 27.4 Å². The van der Waals surface area contributed by atoms with Gasteiger partial charge in [0.1, 0.15) is 0 Å². The molecule has 3 nitrogen and oxygen atoms in total. The Kier molecular flexibility index (Phi) is 4.62. The van der Waals surface area contributed by atoms with Crippen molar-refractivity contribution in [3.05, 3.63) is 60.3 Å². The molecule has 0 saturated heterocycles. The van der Waals surface area contributed by atoms with Gasteiger partial charge in [0.05, 0.1) is 18.5 Å². The standard InChI is InChI=1S/C19H18NO2Si/c1-22-19(21)15(12-23)10-14-11-20-18-16(8-5-9-17(14)18)13-6-3-2-4-7-13/h2-9,11,15,20H,10,12H2,1H3/t15-/m1/s1. The summed E-state index contributed by atoms with van der Waals surface area (Å²) < 4.78 is 4.88. The van der Waals surface area contributed by atoms with Crippen molar-refractivity contribution in [3.63, 3.8) is 0 Å². The normalized spacial score (nSPS) is 12.3. The molecule has 23 heavy (non-hydrogen) atoms. The van der Waals surface area contributed by atoms with Crippen LogP contribution < -0.4 is 0 Å². The molecule has 0 amide bonds. The van der Waals surface area contributed by atoms with Gasteiger partial charge in [-0.2, -0.15) is 0 Å². The van der Waals surface area contributed by atoms with Crippen LogP contribution in [-0.4, -0.2) is 28.3 Å². The quantitative estimate of drug-likeness (QED) is 0.574. The molecule has 0 unspecified atom stereocenters. The van der Waals surface area contributed by atoms with Gasteiger partial charge in [0.25, 0.3) is 0 Å². The van der Waals surface area contributed by atoms with Gasteiger partial charge in [0.2, 0.25) is 0 Å². The Morgan fingerprint density at radius 3 is 2.65 bits per heavy atom. The predicted octanol–water partition coefficient (Wildman–Crippen LogP) is 3.75. The smallest absolute Gasteiger partial charge is 0.308 e. The van der Waals surface area contributed by atoms with E-state index in [0.717, 1.165) is 16.5 Å². The summed E-state index contributed by atoms with van der Waals surface area (Å²) in [5, 5.41) is 1.15. The minimum absolute atomic E-state index is 0.184. The number of aromatic nitrogens is 1. The molecule has 1 aromatic heterocycles. The summed E-state index contributed by atoms with van der Waals surface area (Å²) in [5.74, 6) is -0.371. The van der Waals surface area contributed by atoms with Crippen molar-refractivity contribution in [1.29, 1.82) is 0 Å². The minimum Gasteiger partial charge on any atom is -0.469 e. The van der Waals surface area contributed by atoms with Crippen LogP contribution in [0.5, 0.6) is 0 Å². The first-order chi connectivity index (χ1) is 11.2. The number of hydrogen-bond donors (Lipinski definition) is 1. The van der Waals surface area contributed by atoms with E-state index in [9.17, 15) is 4.79 Å². The van der Waals surface area contributed by atoms with E-state index in [0.29, 0.717) is 12.5 Å². The van der Waals surface area contributed by atoms with Gasteiger partial charge >= 0.3 is 5.97 Å². The van der Waals surface area contributed by atoms with Crippen LogP contribution in [0.4, 0.5) is 0 Å². The molecule has 0 spiro atoms. The van der Waals surface area contributed by atoms with E-state index in [-0.39, 0.29) is 11.9 Å². The van der Waals surface area contributed by atoms with E-state index in [2.05, 4.69) is 45.6 Å². The molecule has 0 saturated carbocycles. The SMILES string of the molecule is COC(=O)[C@@H](C[Si])Cc1c[nH]c2c(-c3ccccc3)cccc12. The maximum atomic E-state index is 11.8. The van der Waals surface area contributed by atoms with Crippen molar-refractivity contribution < 1.29 is 9.53 Å². The number of fused-ring (bicyclic) bond motifs is 1.